The second-order valence-electron chi connectivity index (χ2n) is 20.3. The van der Waals surface area contributed by atoms with E-state index in [2.05, 4.69) is 276 Å². The molecule has 0 radical (unpaired) electrons. The van der Waals surface area contributed by atoms with Crippen LogP contribution in [-0.2, 0) is 5.41 Å². The zero-order valence-electron chi connectivity index (χ0n) is 41.4. The summed E-state index contributed by atoms with van der Waals surface area (Å²) in [5.41, 5.74) is 25.3. The van der Waals surface area contributed by atoms with Gasteiger partial charge in [0.2, 0.25) is 0 Å². The van der Waals surface area contributed by atoms with Gasteiger partial charge in [0.05, 0.1) is 27.8 Å². The minimum atomic E-state index is -0.547. The monoisotopic (exact) mass is 966 g/mol. The van der Waals surface area contributed by atoms with Crippen molar-refractivity contribution in [1.82, 2.24) is 4.57 Å². The number of hydrogen-bond donors (Lipinski definition) is 0. The van der Waals surface area contributed by atoms with Crippen LogP contribution in [0.3, 0.4) is 0 Å². The quantitative estimate of drug-likeness (QED) is 0.159. The summed E-state index contributed by atoms with van der Waals surface area (Å²) in [5, 5.41) is 4.81. The molecule has 0 fully saturated rings. The van der Waals surface area contributed by atoms with E-state index in [1.807, 2.05) is 12.1 Å². The fraction of sp³-hybridized carbons (Fsp3) is 0.0137. The molecule has 1 spiro atoms. The van der Waals surface area contributed by atoms with Crippen molar-refractivity contribution in [3.05, 3.63) is 301 Å². The first kappa shape index (κ1) is 42.5. The van der Waals surface area contributed by atoms with Gasteiger partial charge in [-0.05, 0) is 139 Å². The van der Waals surface area contributed by atoms with Gasteiger partial charge in [0.15, 0.2) is 0 Å². The third-order valence-electron chi connectivity index (χ3n) is 16.4. The van der Waals surface area contributed by atoms with Gasteiger partial charge in [0.25, 0.3) is 0 Å². The Hall–Kier alpha value is -9.96. The zero-order valence-corrected chi connectivity index (χ0v) is 41.4. The highest BCUT2D eigenvalue weighted by molar-refractivity contribution is 6.13. The Balaban J connectivity index is 0.882. The Bertz CT molecular complexity index is 4650. The fourth-order valence-electron chi connectivity index (χ4n) is 13.2. The van der Waals surface area contributed by atoms with Crippen molar-refractivity contribution in [3.8, 4) is 61.3 Å². The lowest BCUT2D eigenvalue weighted by atomic mass is 9.65. The number of nitrogens with zero attached hydrogens (tertiary/aromatic N) is 2. The molecule has 14 aromatic rings. The van der Waals surface area contributed by atoms with Gasteiger partial charge in [-0.2, -0.15) is 0 Å². The van der Waals surface area contributed by atoms with E-state index in [1.165, 1.54) is 83.1 Å². The van der Waals surface area contributed by atoms with Crippen molar-refractivity contribution in [2.75, 3.05) is 4.90 Å². The van der Waals surface area contributed by atoms with Crippen molar-refractivity contribution in [2.24, 2.45) is 0 Å². The molecule has 1 atom stereocenters. The highest BCUT2D eigenvalue weighted by Gasteiger charge is 2.51. The highest BCUT2D eigenvalue weighted by atomic mass is 16.3. The van der Waals surface area contributed by atoms with Crippen LogP contribution in [-0.4, -0.2) is 4.57 Å². The Morgan fingerprint density at radius 3 is 1.78 bits per heavy atom. The average molecular weight is 967 g/mol. The van der Waals surface area contributed by atoms with Crippen LogP contribution in [0.5, 0.6) is 0 Å². The van der Waals surface area contributed by atoms with Crippen LogP contribution in [0, 0.1) is 0 Å². The van der Waals surface area contributed by atoms with Gasteiger partial charge < -0.3 is 13.9 Å². The van der Waals surface area contributed by atoms with Crippen molar-refractivity contribution in [1.29, 1.82) is 0 Å². The first-order valence-electron chi connectivity index (χ1n) is 26.2. The maximum atomic E-state index is 6.22. The molecule has 0 N–H and O–H groups in total. The molecule has 12 aromatic carbocycles. The van der Waals surface area contributed by atoms with Crippen LogP contribution in [0.15, 0.2) is 283 Å². The summed E-state index contributed by atoms with van der Waals surface area (Å²) in [6.45, 7) is 0. The molecule has 76 heavy (non-hydrogen) atoms. The van der Waals surface area contributed by atoms with E-state index in [0.717, 1.165) is 61.3 Å². The van der Waals surface area contributed by atoms with Crippen LogP contribution in [0.4, 0.5) is 17.1 Å². The van der Waals surface area contributed by atoms with Crippen LogP contribution in [0.1, 0.15) is 22.3 Å². The lowest BCUT2D eigenvalue weighted by Crippen LogP contribution is -2.33. The number of para-hydroxylation sites is 5. The second-order valence-corrected chi connectivity index (χ2v) is 20.3. The number of hydrogen-bond acceptors (Lipinski definition) is 2. The van der Waals surface area contributed by atoms with Gasteiger partial charge in [-0.3, -0.25) is 0 Å². The van der Waals surface area contributed by atoms with E-state index in [1.54, 1.807) is 0 Å². The second kappa shape index (κ2) is 16.5. The van der Waals surface area contributed by atoms with Crippen molar-refractivity contribution in [3.63, 3.8) is 0 Å². The van der Waals surface area contributed by atoms with Gasteiger partial charge in [-0.25, -0.2) is 0 Å². The molecule has 354 valence electrons. The maximum absolute atomic E-state index is 6.22. The van der Waals surface area contributed by atoms with Crippen LogP contribution in [0.2, 0.25) is 0 Å². The molecule has 1 unspecified atom stereocenters. The average Bonchev–Trinajstić information content (AvgIpc) is 4.34. The summed E-state index contributed by atoms with van der Waals surface area (Å²) < 4.78 is 8.74. The van der Waals surface area contributed by atoms with Crippen molar-refractivity contribution >= 4 is 60.8 Å². The van der Waals surface area contributed by atoms with E-state index in [9.17, 15) is 0 Å². The maximum Gasteiger partial charge on any atom is 0.135 e. The molecule has 0 saturated carbocycles. The summed E-state index contributed by atoms with van der Waals surface area (Å²) in [6, 6.07) is 103. The SMILES string of the molecule is c1ccc(-c2ccccc2-c2ccccc2N(c2ccc(-c3ccc4oc5ccccc5c4c3)cc2)c2cccc(-c3ccc4c(c3)C3(c5ccccc5-4)c4ccccc4-n4c5ccccc5c5cccc3c54)c2)cc1. The molecule has 16 rings (SSSR count). The first-order valence-corrected chi connectivity index (χ1v) is 26.2. The number of aromatic nitrogens is 1. The lowest BCUT2D eigenvalue weighted by molar-refractivity contribution is 0.669. The Morgan fingerprint density at radius 2 is 0.895 bits per heavy atom. The van der Waals surface area contributed by atoms with Crippen molar-refractivity contribution in [2.45, 2.75) is 5.41 Å². The van der Waals surface area contributed by atoms with Gasteiger partial charge >= 0.3 is 0 Å². The third-order valence-corrected chi connectivity index (χ3v) is 16.4. The van der Waals surface area contributed by atoms with E-state index in [-0.39, 0.29) is 0 Å². The summed E-state index contributed by atoms with van der Waals surface area (Å²) in [4.78, 5) is 2.44. The third kappa shape index (κ3) is 6.11. The molecule has 1 aliphatic heterocycles. The van der Waals surface area contributed by atoms with Gasteiger partial charge in [0.1, 0.15) is 11.2 Å². The minimum Gasteiger partial charge on any atom is -0.456 e. The Labute approximate surface area is 440 Å². The molecule has 2 aliphatic rings. The van der Waals surface area contributed by atoms with E-state index in [4.69, 9.17) is 4.42 Å². The highest BCUT2D eigenvalue weighted by Crippen LogP contribution is 2.61. The van der Waals surface area contributed by atoms with E-state index < -0.39 is 5.41 Å². The largest absolute Gasteiger partial charge is 0.456 e. The fourth-order valence-corrected chi connectivity index (χ4v) is 13.2. The summed E-state index contributed by atoms with van der Waals surface area (Å²) >= 11 is 0. The number of fused-ring (bicyclic) bond motifs is 15. The lowest BCUT2D eigenvalue weighted by Gasteiger charge is -2.39. The predicted octanol–water partition coefficient (Wildman–Crippen LogP) is 19.5. The van der Waals surface area contributed by atoms with Crippen LogP contribution < -0.4 is 4.90 Å². The van der Waals surface area contributed by atoms with Gasteiger partial charge in [0, 0.05) is 38.5 Å². The van der Waals surface area contributed by atoms with Gasteiger partial charge in [-0.15, -0.1) is 0 Å². The molecule has 2 aromatic heterocycles. The molecule has 3 heterocycles. The van der Waals surface area contributed by atoms with Crippen LogP contribution >= 0.6 is 0 Å². The summed E-state index contributed by atoms with van der Waals surface area (Å²) in [7, 11) is 0. The van der Waals surface area contributed by atoms with Gasteiger partial charge in [-0.1, -0.05) is 212 Å². The summed E-state index contributed by atoms with van der Waals surface area (Å²) in [6.07, 6.45) is 0. The Kier molecular flexibility index (Phi) is 9.25. The predicted molar refractivity (Wildman–Crippen MR) is 315 cm³/mol. The topological polar surface area (TPSA) is 21.3 Å². The number of furan rings is 1. The Morgan fingerprint density at radius 1 is 0.303 bits per heavy atom. The zero-order chi connectivity index (χ0) is 49.9. The minimum absolute atomic E-state index is 0.547. The molecular weight excluding hydrogens is 921 g/mol. The molecule has 3 heteroatoms. The molecule has 0 saturated heterocycles. The van der Waals surface area contributed by atoms with E-state index >= 15 is 0 Å². The van der Waals surface area contributed by atoms with Crippen LogP contribution in [0.25, 0.3) is 105 Å². The number of benzene rings is 12. The van der Waals surface area contributed by atoms with Crippen molar-refractivity contribution < 1.29 is 4.42 Å². The number of anilines is 3. The smallest absolute Gasteiger partial charge is 0.135 e. The first-order chi connectivity index (χ1) is 37.7. The van der Waals surface area contributed by atoms with E-state index in [0.29, 0.717) is 0 Å². The standard InChI is InChI=1S/C73H46N2O/c1-2-18-48(19-3-1)54-22-4-5-23-55(54)58-25-7-12-32-67(58)74(52-40-36-47(37-41-52)50-39-43-71-62(45-50)60-27-9-15-35-70(60)76-71)53-21-16-20-49(44-53)51-38-42-57-56-24-6-10-29-63(56)73(66(57)46-51)64-30-11-14-34-69(64)75-68-33-13-8-26-59(68)61-28-17-31-65(73)72(61)75/h1-46H. The molecule has 3 nitrogen and oxygen atoms in total. The number of rotatable bonds is 7. The normalized spacial score (nSPS) is 14.1. The molecule has 1 aliphatic carbocycles. The molecular formula is C73H46N2O. The molecule has 0 bridgehead atoms. The summed E-state index contributed by atoms with van der Waals surface area (Å²) in [5.74, 6) is 0. The molecule has 0 amide bonds.